The Morgan fingerprint density at radius 3 is 2.00 bits per heavy atom. The lowest BCUT2D eigenvalue weighted by molar-refractivity contribution is -0.114. The zero-order chi connectivity index (χ0) is 29.1. The molecular formula is C29H28BrN3O5S2. The fourth-order valence-electron chi connectivity index (χ4n) is 3.85. The van der Waals surface area contributed by atoms with E-state index in [0.717, 1.165) is 21.0 Å². The fourth-order valence-corrected chi connectivity index (χ4v) is 6.70. The van der Waals surface area contributed by atoms with Gasteiger partial charge in [-0.05, 0) is 98.6 Å². The van der Waals surface area contributed by atoms with E-state index < -0.39 is 32.5 Å². The van der Waals surface area contributed by atoms with E-state index >= 15 is 0 Å². The Hall–Kier alpha value is -3.67. The highest BCUT2D eigenvalue weighted by atomic mass is 79.9. The number of carbonyl (C=O) groups is 1. The molecule has 40 heavy (non-hydrogen) atoms. The van der Waals surface area contributed by atoms with E-state index in [2.05, 4.69) is 26.0 Å². The second-order valence-corrected chi connectivity index (χ2v) is 13.7. The van der Waals surface area contributed by atoms with Crippen LogP contribution >= 0.6 is 15.9 Å². The molecule has 2 N–H and O–H groups in total. The third kappa shape index (κ3) is 6.90. The molecule has 0 bridgehead atoms. The van der Waals surface area contributed by atoms with Gasteiger partial charge in [-0.1, -0.05) is 45.8 Å². The summed E-state index contributed by atoms with van der Waals surface area (Å²) in [5, 5.41) is 2.66. The fraction of sp³-hybridized carbons (Fsp3) is 0.138. The molecule has 0 atom stereocenters. The minimum atomic E-state index is -4.07. The predicted octanol–water partition coefficient (Wildman–Crippen LogP) is 6.01. The quantitative estimate of drug-likeness (QED) is 0.232. The van der Waals surface area contributed by atoms with Crippen LogP contribution in [0.1, 0.15) is 16.7 Å². The van der Waals surface area contributed by atoms with Gasteiger partial charge in [-0.3, -0.25) is 13.8 Å². The Bertz CT molecular complexity index is 1760. The van der Waals surface area contributed by atoms with Gasteiger partial charge >= 0.3 is 0 Å². The topological polar surface area (TPSA) is 113 Å². The first kappa shape index (κ1) is 29.3. The lowest BCUT2D eigenvalue weighted by Crippen LogP contribution is -2.38. The molecule has 0 unspecified atom stereocenters. The summed E-state index contributed by atoms with van der Waals surface area (Å²) in [6.45, 7) is 5.19. The molecular weight excluding hydrogens is 614 g/mol. The van der Waals surface area contributed by atoms with Crippen molar-refractivity contribution in [3.63, 3.8) is 0 Å². The molecule has 11 heteroatoms. The van der Waals surface area contributed by atoms with E-state index in [1.165, 1.54) is 36.4 Å². The number of hydrogen-bond acceptors (Lipinski definition) is 5. The van der Waals surface area contributed by atoms with Crippen molar-refractivity contribution in [3.05, 3.63) is 112 Å². The lowest BCUT2D eigenvalue weighted by atomic mass is 10.1. The third-order valence-electron chi connectivity index (χ3n) is 6.20. The molecule has 0 aliphatic carbocycles. The molecule has 8 nitrogen and oxygen atoms in total. The normalized spacial score (nSPS) is 11.6. The number of amides is 1. The molecule has 1 amide bonds. The van der Waals surface area contributed by atoms with Crippen molar-refractivity contribution in [2.75, 3.05) is 20.9 Å². The number of sulfonamides is 2. The van der Waals surface area contributed by atoms with Gasteiger partial charge in [0.1, 0.15) is 6.54 Å². The summed E-state index contributed by atoms with van der Waals surface area (Å²) in [6.07, 6.45) is 0. The van der Waals surface area contributed by atoms with Gasteiger partial charge in [-0.25, -0.2) is 16.8 Å². The molecule has 0 aliphatic heterocycles. The first-order valence-electron chi connectivity index (χ1n) is 12.2. The van der Waals surface area contributed by atoms with Crippen LogP contribution in [-0.2, 0) is 24.8 Å². The van der Waals surface area contributed by atoms with Crippen molar-refractivity contribution in [3.8, 4) is 0 Å². The smallest absolute Gasteiger partial charge is 0.264 e. The molecule has 0 aromatic heterocycles. The first-order chi connectivity index (χ1) is 18.8. The van der Waals surface area contributed by atoms with Crippen LogP contribution in [0.2, 0.25) is 0 Å². The van der Waals surface area contributed by atoms with Crippen LogP contribution in [0.3, 0.4) is 0 Å². The summed E-state index contributed by atoms with van der Waals surface area (Å²) in [6, 6.07) is 23.9. The molecule has 0 radical (unpaired) electrons. The Morgan fingerprint density at radius 1 is 0.750 bits per heavy atom. The number of carbonyl (C=O) groups excluding carboxylic acids is 1. The number of aryl methyl sites for hydroxylation is 3. The van der Waals surface area contributed by atoms with Gasteiger partial charge in [-0.2, -0.15) is 0 Å². The van der Waals surface area contributed by atoms with Crippen LogP contribution < -0.4 is 14.3 Å². The third-order valence-corrected chi connectivity index (χ3v) is 9.88. The van der Waals surface area contributed by atoms with E-state index in [1.54, 1.807) is 48.5 Å². The Balaban J connectivity index is 1.53. The summed E-state index contributed by atoms with van der Waals surface area (Å²) in [4.78, 5) is 13.1. The molecule has 0 saturated heterocycles. The van der Waals surface area contributed by atoms with E-state index in [1.807, 2.05) is 26.8 Å². The standard InChI is InChI=1S/C29H28BrN3O5S2/c1-20-7-13-28(14-8-20)40(37,38)33(26-6-4-5-23(30)18-26)19-29(34)31-24-11-15-27(16-12-24)39(35,36)32-25-10-9-21(2)22(3)17-25/h4-18,32H,19H2,1-3H3,(H,31,34). The van der Waals surface area contributed by atoms with Crippen molar-refractivity contribution in [1.82, 2.24) is 0 Å². The van der Waals surface area contributed by atoms with Crippen molar-refractivity contribution in [2.45, 2.75) is 30.6 Å². The van der Waals surface area contributed by atoms with Crippen LogP contribution in [0.4, 0.5) is 17.1 Å². The van der Waals surface area contributed by atoms with E-state index in [9.17, 15) is 21.6 Å². The molecule has 0 spiro atoms. The number of halogens is 1. The number of nitrogens with zero attached hydrogens (tertiary/aromatic N) is 1. The van der Waals surface area contributed by atoms with Gasteiger partial charge in [0, 0.05) is 15.8 Å². The minimum absolute atomic E-state index is 0.0152. The summed E-state index contributed by atoms with van der Waals surface area (Å²) >= 11 is 3.36. The van der Waals surface area contributed by atoms with Crippen LogP contribution in [0, 0.1) is 20.8 Å². The van der Waals surface area contributed by atoms with Gasteiger partial charge in [0.25, 0.3) is 20.0 Å². The molecule has 4 aromatic carbocycles. The molecule has 4 rings (SSSR count). The van der Waals surface area contributed by atoms with Gasteiger partial charge in [0.05, 0.1) is 15.5 Å². The number of rotatable bonds is 9. The summed E-state index contributed by atoms with van der Waals surface area (Å²) in [5.74, 6) is -0.598. The highest BCUT2D eigenvalue weighted by Crippen LogP contribution is 2.27. The zero-order valence-corrected chi connectivity index (χ0v) is 25.3. The van der Waals surface area contributed by atoms with E-state index in [0.29, 0.717) is 21.5 Å². The predicted molar refractivity (Wildman–Crippen MR) is 162 cm³/mol. The number of anilines is 3. The Labute approximate surface area is 243 Å². The minimum Gasteiger partial charge on any atom is -0.325 e. The zero-order valence-electron chi connectivity index (χ0n) is 22.1. The van der Waals surface area contributed by atoms with Crippen LogP contribution in [-0.4, -0.2) is 29.3 Å². The van der Waals surface area contributed by atoms with E-state index in [-0.39, 0.29) is 9.79 Å². The Kier molecular flexibility index (Phi) is 8.67. The molecule has 208 valence electrons. The first-order valence-corrected chi connectivity index (χ1v) is 15.9. The second-order valence-electron chi connectivity index (χ2n) is 9.28. The maximum atomic E-state index is 13.5. The van der Waals surface area contributed by atoms with Crippen molar-refractivity contribution >= 4 is 58.9 Å². The highest BCUT2D eigenvalue weighted by molar-refractivity contribution is 9.10. The Morgan fingerprint density at radius 2 is 1.38 bits per heavy atom. The molecule has 0 aliphatic rings. The van der Waals surface area contributed by atoms with E-state index in [4.69, 9.17) is 0 Å². The van der Waals surface area contributed by atoms with Crippen LogP contribution in [0.25, 0.3) is 0 Å². The molecule has 0 saturated carbocycles. The highest BCUT2D eigenvalue weighted by Gasteiger charge is 2.27. The van der Waals surface area contributed by atoms with Crippen molar-refractivity contribution in [1.29, 1.82) is 0 Å². The average molecular weight is 643 g/mol. The van der Waals surface area contributed by atoms with Gasteiger partial charge < -0.3 is 5.32 Å². The van der Waals surface area contributed by atoms with Crippen LogP contribution in [0.15, 0.2) is 105 Å². The molecule has 0 fully saturated rings. The van der Waals surface area contributed by atoms with Crippen molar-refractivity contribution in [2.24, 2.45) is 0 Å². The molecule has 0 heterocycles. The monoisotopic (exact) mass is 641 g/mol. The van der Waals surface area contributed by atoms with Gasteiger partial charge in [-0.15, -0.1) is 0 Å². The number of benzene rings is 4. The van der Waals surface area contributed by atoms with Crippen LogP contribution in [0.5, 0.6) is 0 Å². The summed E-state index contributed by atoms with van der Waals surface area (Å²) < 4.78 is 57.0. The maximum absolute atomic E-state index is 13.5. The average Bonchev–Trinajstić information content (AvgIpc) is 2.90. The molecule has 4 aromatic rings. The summed E-state index contributed by atoms with van der Waals surface area (Å²) in [5.41, 5.74) is 3.98. The SMILES string of the molecule is Cc1ccc(S(=O)(=O)N(CC(=O)Nc2ccc(S(=O)(=O)Nc3ccc(C)c(C)c3)cc2)c2cccc(Br)c2)cc1. The largest absolute Gasteiger partial charge is 0.325 e. The number of hydrogen-bond donors (Lipinski definition) is 2. The van der Waals surface area contributed by atoms with Gasteiger partial charge in [0.15, 0.2) is 0 Å². The number of nitrogens with one attached hydrogen (secondary N) is 2. The summed E-state index contributed by atoms with van der Waals surface area (Å²) in [7, 11) is -7.93. The second kappa shape index (κ2) is 11.8. The van der Waals surface area contributed by atoms with Crippen molar-refractivity contribution < 1.29 is 21.6 Å². The van der Waals surface area contributed by atoms with Gasteiger partial charge in [0.2, 0.25) is 5.91 Å². The lowest BCUT2D eigenvalue weighted by Gasteiger charge is -2.24. The maximum Gasteiger partial charge on any atom is 0.264 e.